The fraction of sp³-hybridized carbons (Fsp3) is 0.357. The maximum absolute atomic E-state index is 4.94. The molecule has 8 heteroatoms. The Hall–Kier alpha value is -3.23. The fourth-order valence-corrected chi connectivity index (χ4v) is 5.60. The summed E-state index contributed by atoms with van der Waals surface area (Å²) in [6, 6.07) is 17.0. The number of pyridine rings is 1. The lowest BCUT2D eigenvalue weighted by atomic mass is 9.98. The molecule has 2 aromatic heterocycles. The normalized spacial score (nSPS) is 14.6. The average Bonchev–Trinajstić information content (AvgIpc) is 3.14. The van der Waals surface area contributed by atoms with Gasteiger partial charge in [0.15, 0.2) is 11.0 Å². The highest BCUT2D eigenvalue weighted by atomic mass is 32.2. The number of hydrogen-bond donors (Lipinski definition) is 0. The van der Waals surface area contributed by atoms with Gasteiger partial charge in [-0.25, -0.2) is 0 Å². The molecule has 0 atom stereocenters. The van der Waals surface area contributed by atoms with Crippen LogP contribution in [0, 0.1) is 0 Å². The number of hydrogen-bond acceptors (Lipinski definition) is 7. The first kappa shape index (κ1) is 24.5. The number of aromatic nitrogens is 4. The van der Waals surface area contributed by atoms with Gasteiger partial charge in [-0.2, -0.15) is 0 Å². The van der Waals surface area contributed by atoms with E-state index in [1.807, 2.05) is 32.3 Å². The van der Waals surface area contributed by atoms with Gasteiger partial charge in [-0.1, -0.05) is 35.1 Å². The minimum Gasteiger partial charge on any atom is -0.399 e. The molecule has 0 bridgehead atoms. The molecule has 7 nitrogen and oxygen atoms in total. The highest BCUT2D eigenvalue weighted by molar-refractivity contribution is 7.99. The van der Waals surface area contributed by atoms with Crippen LogP contribution in [0.1, 0.15) is 30.0 Å². The topological polar surface area (TPSA) is 68.4 Å². The monoisotopic (exact) mass is 500 g/mol. The summed E-state index contributed by atoms with van der Waals surface area (Å²) in [6.45, 7) is 5.28. The summed E-state index contributed by atoms with van der Waals surface area (Å²) in [5.41, 5.74) is 7.01. The maximum atomic E-state index is 4.94. The molecule has 0 aliphatic carbocycles. The van der Waals surface area contributed by atoms with Crippen LogP contribution in [0.2, 0.25) is 0 Å². The highest BCUT2D eigenvalue weighted by Gasteiger charge is 2.16. The van der Waals surface area contributed by atoms with Crippen molar-refractivity contribution in [1.82, 2.24) is 24.6 Å². The van der Waals surface area contributed by atoms with Crippen LogP contribution in [0.4, 0.5) is 0 Å². The first-order valence-corrected chi connectivity index (χ1v) is 13.4. The van der Waals surface area contributed by atoms with E-state index in [-0.39, 0.29) is 0 Å². The molecule has 0 unspecified atom stereocenters. The summed E-state index contributed by atoms with van der Waals surface area (Å²) in [5.74, 6) is 1.91. The molecule has 0 saturated carbocycles. The van der Waals surface area contributed by atoms with Gasteiger partial charge < -0.3 is 14.3 Å². The standard InChI is InChI=1S/C28H32N6OS/c1-20(32-35-3)22-8-7-21-11-15-34(16-12-23(21)18-22)14-5-17-36-28-31-30-27(33(28)2)25-9-10-26-24(19-25)6-4-13-29-26/h4,6-10,13,18-19H,5,11-12,14-17H2,1-3H3/b32-20+. The third kappa shape index (κ3) is 5.44. The first-order chi connectivity index (χ1) is 17.6. The molecule has 0 N–H and O–H groups in total. The largest absolute Gasteiger partial charge is 0.399 e. The highest BCUT2D eigenvalue weighted by Crippen LogP contribution is 2.26. The number of fused-ring (bicyclic) bond motifs is 2. The molecule has 4 aromatic rings. The molecule has 0 radical (unpaired) electrons. The van der Waals surface area contributed by atoms with E-state index in [0.717, 1.165) is 83.4 Å². The summed E-state index contributed by atoms with van der Waals surface area (Å²) >= 11 is 1.78. The molecular weight excluding hydrogens is 468 g/mol. The van der Waals surface area contributed by atoms with Gasteiger partial charge in [-0.3, -0.25) is 4.98 Å². The Morgan fingerprint density at radius 2 is 1.92 bits per heavy atom. The molecule has 0 spiro atoms. The van der Waals surface area contributed by atoms with Crippen molar-refractivity contribution in [3.8, 4) is 11.4 Å². The van der Waals surface area contributed by atoms with Gasteiger partial charge in [-0.15, -0.1) is 10.2 Å². The number of benzene rings is 2. The Bertz CT molecular complexity index is 1380. The van der Waals surface area contributed by atoms with Gasteiger partial charge in [0.25, 0.3) is 0 Å². The van der Waals surface area contributed by atoms with E-state index >= 15 is 0 Å². The van der Waals surface area contributed by atoms with E-state index in [4.69, 9.17) is 4.84 Å². The summed E-state index contributed by atoms with van der Waals surface area (Å²) < 4.78 is 2.09. The Kier molecular flexibility index (Phi) is 7.63. The smallest absolute Gasteiger partial charge is 0.191 e. The number of oxime groups is 1. The van der Waals surface area contributed by atoms with Crippen LogP contribution in [0.5, 0.6) is 0 Å². The Labute approximate surface area is 216 Å². The SMILES string of the molecule is CO/N=C(\C)c1ccc2c(c1)CCN(CCCSc1nnc(-c3ccc4ncccc4c3)n1C)CC2. The number of thioether (sulfide) groups is 1. The average molecular weight is 501 g/mol. The minimum atomic E-state index is 0.888. The van der Waals surface area contributed by atoms with Crippen LogP contribution in [0.15, 0.2) is 65.0 Å². The Balaban J connectivity index is 1.14. The van der Waals surface area contributed by atoms with Crippen molar-refractivity contribution in [2.45, 2.75) is 31.3 Å². The van der Waals surface area contributed by atoms with Gasteiger partial charge >= 0.3 is 0 Å². The molecular formula is C28H32N6OS. The van der Waals surface area contributed by atoms with Gasteiger partial charge in [0.2, 0.25) is 0 Å². The van der Waals surface area contributed by atoms with Crippen molar-refractivity contribution >= 4 is 28.4 Å². The van der Waals surface area contributed by atoms with Gasteiger partial charge in [-0.05, 0) is 79.8 Å². The molecule has 36 heavy (non-hydrogen) atoms. The molecule has 2 aromatic carbocycles. The van der Waals surface area contributed by atoms with Crippen molar-refractivity contribution < 1.29 is 4.84 Å². The molecule has 0 amide bonds. The molecule has 1 aliphatic heterocycles. The molecule has 0 fully saturated rings. The number of nitrogens with zero attached hydrogens (tertiary/aromatic N) is 6. The third-order valence-corrected chi connectivity index (χ3v) is 7.90. The lowest BCUT2D eigenvalue weighted by molar-refractivity contribution is 0.213. The zero-order valence-electron chi connectivity index (χ0n) is 21.1. The van der Waals surface area contributed by atoms with E-state index in [1.54, 1.807) is 18.9 Å². The van der Waals surface area contributed by atoms with Crippen molar-refractivity contribution in [2.75, 3.05) is 32.5 Å². The summed E-state index contributed by atoms with van der Waals surface area (Å²) in [7, 11) is 3.64. The van der Waals surface area contributed by atoms with Crippen LogP contribution >= 0.6 is 11.8 Å². The molecule has 1 aliphatic rings. The molecule has 0 saturated heterocycles. The third-order valence-electron chi connectivity index (χ3n) is 6.79. The number of rotatable bonds is 8. The van der Waals surface area contributed by atoms with Crippen molar-refractivity contribution in [1.29, 1.82) is 0 Å². The second-order valence-corrected chi connectivity index (χ2v) is 10.2. The van der Waals surface area contributed by atoms with Gasteiger partial charge in [0.1, 0.15) is 7.11 Å². The lowest BCUT2D eigenvalue weighted by Gasteiger charge is -2.19. The van der Waals surface area contributed by atoms with Gasteiger partial charge in [0, 0.05) is 43.0 Å². The Morgan fingerprint density at radius 1 is 1.06 bits per heavy atom. The first-order valence-electron chi connectivity index (χ1n) is 12.4. The lowest BCUT2D eigenvalue weighted by Crippen LogP contribution is -2.27. The summed E-state index contributed by atoms with van der Waals surface area (Å²) in [5, 5.41) is 15.1. The zero-order valence-corrected chi connectivity index (χ0v) is 22.0. The molecule has 5 rings (SSSR count). The van der Waals surface area contributed by atoms with Crippen molar-refractivity contribution in [3.63, 3.8) is 0 Å². The maximum Gasteiger partial charge on any atom is 0.191 e. The quantitative estimate of drug-likeness (QED) is 0.147. The van der Waals surface area contributed by atoms with E-state index in [1.165, 1.54) is 11.1 Å². The predicted molar refractivity (Wildman–Crippen MR) is 147 cm³/mol. The van der Waals surface area contributed by atoms with Crippen LogP contribution in [-0.2, 0) is 24.7 Å². The second-order valence-electron chi connectivity index (χ2n) is 9.16. The van der Waals surface area contributed by atoms with Crippen LogP contribution in [0.25, 0.3) is 22.3 Å². The van der Waals surface area contributed by atoms with Crippen molar-refractivity contribution in [2.24, 2.45) is 12.2 Å². The second kappa shape index (κ2) is 11.2. The predicted octanol–water partition coefficient (Wildman–Crippen LogP) is 4.98. The fourth-order valence-electron chi connectivity index (χ4n) is 4.77. The van der Waals surface area contributed by atoms with Crippen LogP contribution in [-0.4, -0.2) is 62.9 Å². The van der Waals surface area contributed by atoms with E-state index < -0.39 is 0 Å². The van der Waals surface area contributed by atoms with Crippen LogP contribution < -0.4 is 0 Å². The minimum absolute atomic E-state index is 0.888. The van der Waals surface area contributed by atoms with E-state index in [0.29, 0.717) is 0 Å². The Morgan fingerprint density at radius 3 is 2.78 bits per heavy atom. The summed E-state index contributed by atoms with van der Waals surface area (Å²) in [6.07, 6.45) is 5.11. The van der Waals surface area contributed by atoms with Gasteiger partial charge in [0.05, 0.1) is 11.2 Å². The zero-order chi connectivity index (χ0) is 24.9. The van der Waals surface area contributed by atoms with E-state index in [2.05, 4.69) is 66.2 Å². The molecule has 3 heterocycles. The molecule has 186 valence electrons. The van der Waals surface area contributed by atoms with E-state index in [9.17, 15) is 0 Å². The van der Waals surface area contributed by atoms with Crippen molar-refractivity contribution in [3.05, 3.63) is 71.4 Å². The summed E-state index contributed by atoms with van der Waals surface area (Å²) in [4.78, 5) is 11.9. The van der Waals surface area contributed by atoms with Crippen LogP contribution in [0.3, 0.4) is 0 Å².